The molecule has 6 rings (SSSR count). The molecule has 0 saturated carbocycles. The van der Waals surface area contributed by atoms with Gasteiger partial charge in [0.1, 0.15) is 11.3 Å². The highest BCUT2D eigenvalue weighted by Crippen LogP contribution is 2.41. The normalized spacial score (nSPS) is 17.1. The Morgan fingerprint density at radius 2 is 1.74 bits per heavy atom. The Morgan fingerprint density at radius 1 is 0.914 bits per heavy atom. The third-order valence-electron chi connectivity index (χ3n) is 6.72. The van der Waals surface area contributed by atoms with Crippen LogP contribution in [0.1, 0.15) is 22.9 Å². The number of hydrogen-bond acceptors (Lipinski definition) is 7. The number of hydrogen-bond donors (Lipinski definition) is 1. The number of nitrogens with zero attached hydrogens (tertiary/aromatic N) is 4. The number of phenolic OH excluding ortho intramolecular Hbond substituents is 1. The van der Waals surface area contributed by atoms with Crippen LogP contribution in [0.4, 0.5) is 0 Å². The van der Waals surface area contributed by atoms with E-state index in [1.807, 2.05) is 42.5 Å². The highest BCUT2D eigenvalue weighted by Gasteiger charge is 2.30. The van der Waals surface area contributed by atoms with Crippen molar-refractivity contribution in [3.63, 3.8) is 0 Å². The van der Waals surface area contributed by atoms with E-state index < -0.39 is 0 Å². The molecule has 0 radical (unpaired) electrons. The average molecular weight is 489 g/mol. The van der Waals surface area contributed by atoms with E-state index in [0.717, 1.165) is 60.9 Å². The predicted octanol–water partition coefficient (Wildman–Crippen LogP) is 4.62. The quantitative estimate of drug-likeness (QED) is 0.439. The Bertz CT molecular complexity index is 1360. The first-order valence-electron chi connectivity index (χ1n) is 11.7. The maximum Gasteiger partial charge on any atom is 0.231 e. The molecule has 1 atom stereocenters. The summed E-state index contributed by atoms with van der Waals surface area (Å²) in [5, 5.41) is 12.6. The molecule has 8 heteroatoms. The number of fused-ring (bicyclic) bond motifs is 2. The van der Waals surface area contributed by atoms with Crippen molar-refractivity contribution in [2.45, 2.75) is 12.6 Å². The largest absolute Gasteiger partial charge is 0.505 e. The highest BCUT2D eigenvalue weighted by atomic mass is 35.5. The van der Waals surface area contributed by atoms with E-state index in [9.17, 15) is 5.11 Å². The fourth-order valence-corrected chi connectivity index (χ4v) is 5.24. The lowest BCUT2D eigenvalue weighted by atomic mass is 9.97. The first kappa shape index (κ1) is 22.1. The molecule has 2 aromatic heterocycles. The van der Waals surface area contributed by atoms with Crippen LogP contribution < -0.4 is 9.47 Å². The van der Waals surface area contributed by atoms with Crippen molar-refractivity contribution in [1.29, 1.82) is 0 Å². The molecule has 1 N–H and O–H groups in total. The molecule has 0 aliphatic carbocycles. The predicted molar refractivity (Wildman–Crippen MR) is 134 cm³/mol. The molecule has 1 unspecified atom stereocenters. The first-order valence-corrected chi connectivity index (χ1v) is 12.1. The topological polar surface area (TPSA) is 71.0 Å². The zero-order valence-electron chi connectivity index (χ0n) is 19.1. The Balaban J connectivity index is 1.26. The number of aromatic hydroxyl groups is 1. The van der Waals surface area contributed by atoms with Crippen molar-refractivity contribution in [2.75, 3.05) is 33.0 Å². The van der Waals surface area contributed by atoms with Gasteiger partial charge in [0.25, 0.3) is 0 Å². The summed E-state index contributed by atoms with van der Waals surface area (Å²) in [6.45, 7) is 4.55. The van der Waals surface area contributed by atoms with Crippen LogP contribution in [-0.2, 0) is 6.54 Å². The highest BCUT2D eigenvalue weighted by molar-refractivity contribution is 6.35. The molecule has 0 spiro atoms. The van der Waals surface area contributed by atoms with E-state index in [-0.39, 0.29) is 18.6 Å². The van der Waals surface area contributed by atoms with Crippen LogP contribution in [0.2, 0.25) is 5.02 Å². The van der Waals surface area contributed by atoms with Gasteiger partial charge in [-0.15, -0.1) is 0 Å². The minimum Gasteiger partial charge on any atom is -0.505 e. The van der Waals surface area contributed by atoms with Crippen LogP contribution in [0.3, 0.4) is 0 Å². The summed E-state index contributed by atoms with van der Waals surface area (Å²) in [6, 6.07) is 17.3. The molecular weight excluding hydrogens is 464 g/mol. The van der Waals surface area contributed by atoms with Crippen molar-refractivity contribution in [3.05, 3.63) is 88.8 Å². The summed E-state index contributed by atoms with van der Waals surface area (Å²) in [6.07, 6.45) is 3.46. The van der Waals surface area contributed by atoms with Crippen LogP contribution in [0.5, 0.6) is 17.2 Å². The van der Waals surface area contributed by atoms with Gasteiger partial charge in [-0.1, -0.05) is 23.7 Å². The Hall–Kier alpha value is -3.39. The molecule has 1 fully saturated rings. The van der Waals surface area contributed by atoms with Gasteiger partial charge >= 0.3 is 0 Å². The minimum absolute atomic E-state index is 0.156. The number of ether oxygens (including phenoxy) is 2. The van der Waals surface area contributed by atoms with Gasteiger partial charge in [0.2, 0.25) is 6.79 Å². The molecule has 4 heterocycles. The first-order chi connectivity index (χ1) is 17.2. The van der Waals surface area contributed by atoms with Crippen molar-refractivity contribution in [2.24, 2.45) is 0 Å². The monoisotopic (exact) mass is 488 g/mol. The number of rotatable bonds is 5. The van der Waals surface area contributed by atoms with Crippen LogP contribution >= 0.6 is 11.6 Å². The number of halogens is 1. The third-order valence-corrected chi connectivity index (χ3v) is 7.04. The summed E-state index contributed by atoms with van der Waals surface area (Å²) in [5.41, 5.74) is 3.31. The molecule has 0 bridgehead atoms. The van der Waals surface area contributed by atoms with Crippen LogP contribution in [-0.4, -0.2) is 57.8 Å². The standard InChI is InChI=1S/C27H25ClN4O3/c28-21-15-20(27(33)25-19(21)4-3-9-30-25)26(22-5-1-2-8-29-22)32-12-10-31(11-13-32)16-18-6-7-23-24(14-18)35-17-34-23/h1-9,14-15,26,33H,10-13,16-17H2. The summed E-state index contributed by atoms with van der Waals surface area (Å²) in [5.74, 6) is 1.78. The van der Waals surface area contributed by atoms with E-state index in [4.69, 9.17) is 21.1 Å². The Morgan fingerprint density at radius 3 is 2.57 bits per heavy atom. The van der Waals surface area contributed by atoms with Crippen LogP contribution in [0.15, 0.2) is 67.0 Å². The summed E-state index contributed by atoms with van der Waals surface area (Å²) >= 11 is 6.64. The lowest BCUT2D eigenvalue weighted by Gasteiger charge is -2.39. The van der Waals surface area contributed by atoms with Crippen LogP contribution in [0.25, 0.3) is 10.9 Å². The fraction of sp³-hybridized carbons (Fsp3) is 0.259. The van der Waals surface area contributed by atoms with E-state index in [2.05, 4.69) is 31.9 Å². The summed E-state index contributed by atoms with van der Waals surface area (Å²) < 4.78 is 11.0. The van der Waals surface area contributed by atoms with Crippen molar-refractivity contribution in [1.82, 2.24) is 19.8 Å². The number of piperazine rings is 1. The second-order valence-corrected chi connectivity index (χ2v) is 9.26. The second-order valence-electron chi connectivity index (χ2n) is 8.85. The molecule has 178 valence electrons. The molecular formula is C27H25ClN4O3. The van der Waals surface area contributed by atoms with E-state index in [1.54, 1.807) is 12.4 Å². The summed E-state index contributed by atoms with van der Waals surface area (Å²) in [7, 11) is 0. The average Bonchev–Trinajstić information content (AvgIpc) is 3.37. The molecule has 0 amide bonds. The second kappa shape index (κ2) is 9.34. The fourth-order valence-electron chi connectivity index (χ4n) is 4.97. The molecule has 35 heavy (non-hydrogen) atoms. The third kappa shape index (κ3) is 4.27. The lowest BCUT2D eigenvalue weighted by molar-refractivity contribution is 0.102. The number of pyridine rings is 2. The molecule has 2 aliphatic rings. The molecule has 2 aromatic carbocycles. The van der Waals surface area contributed by atoms with Gasteiger partial charge in [0, 0.05) is 56.1 Å². The smallest absolute Gasteiger partial charge is 0.231 e. The summed E-state index contributed by atoms with van der Waals surface area (Å²) in [4.78, 5) is 13.8. The van der Waals surface area contributed by atoms with Gasteiger partial charge in [-0.25, -0.2) is 0 Å². The molecule has 4 aromatic rings. The van der Waals surface area contributed by atoms with Crippen molar-refractivity contribution < 1.29 is 14.6 Å². The van der Waals surface area contributed by atoms with Gasteiger partial charge < -0.3 is 14.6 Å². The van der Waals surface area contributed by atoms with Gasteiger partial charge in [0.15, 0.2) is 11.5 Å². The lowest BCUT2D eigenvalue weighted by Crippen LogP contribution is -2.47. The van der Waals surface area contributed by atoms with Gasteiger partial charge in [-0.2, -0.15) is 0 Å². The van der Waals surface area contributed by atoms with E-state index in [1.165, 1.54) is 5.56 Å². The van der Waals surface area contributed by atoms with Crippen molar-refractivity contribution >= 4 is 22.5 Å². The van der Waals surface area contributed by atoms with E-state index in [0.29, 0.717) is 10.5 Å². The van der Waals surface area contributed by atoms with Gasteiger partial charge in [-0.3, -0.25) is 19.8 Å². The Labute approximate surface area is 208 Å². The molecule has 1 saturated heterocycles. The maximum atomic E-state index is 11.3. The van der Waals surface area contributed by atoms with Crippen LogP contribution in [0, 0.1) is 0 Å². The van der Waals surface area contributed by atoms with Gasteiger partial charge in [0.05, 0.1) is 16.8 Å². The van der Waals surface area contributed by atoms with E-state index >= 15 is 0 Å². The SMILES string of the molecule is Oc1c(C(c2ccccn2)N2CCN(Cc3ccc4c(c3)OCO4)CC2)cc(Cl)c2cccnc12. The van der Waals surface area contributed by atoms with Gasteiger partial charge in [-0.05, 0) is 48.0 Å². The molecule has 2 aliphatic heterocycles. The maximum absolute atomic E-state index is 11.3. The zero-order valence-corrected chi connectivity index (χ0v) is 19.9. The number of benzene rings is 2. The Kier molecular flexibility index (Phi) is 5.90. The number of phenols is 1. The number of aromatic nitrogens is 2. The molecule has 7 nitrogen and oxygen atoms in total. The minimum atomic E-state index is -0.229. The van der Waals surface area contributed by atoms with Crippen molar-refractivity contribution in [3.8, 4) is 17.2 Å². The zero-order chi connectivity index (χ0) is 23.8.